The number of carbonyl (C=O) groups excluding carboxylic acids is 3. The molecule has 3 amide bonds. The Morgan fingerprint density at radius 1 is 1.02 bits per heavy atom. The number of nitrogens with zero attached hydrogens (tertiary/aromatic N) is 2. The number of rotatable bonds is 7. The van der Waals surface area contributed by atoms with E-state index in [-0.39, 0.29) is 63.8 Å². The Kier molecular flexibility index (Phi) is 7.06. The van der Waals surface area contributed by atoms with Crippen LogP contribution in [0, 0.1) is 46.6 Å². The van der Waals surface area contributed by atoms with Crippen molar-refractivity contribution >= 4 is 57.9 Å². The van der Waals surface area contributed by atoms with Crippen LogP contribution in [0.4, 0.5) is 17.1 Å². The molecule has 2 bridgehead atoms. The molecule has 47 heavy (non-hydrogen) atoms. The zero-order valence-electron chi connectivity index (χ0n) is 25.0. The van der Waals surface area contributed by atoms with E-state index >= 15 is 0 Å². The molecule has 0 spiro atoms. The van der Waals surface area contributed by atoms with Gasteiger partial charge in [-0.15, -0.1) is 11.8 Å². The van der Waals surface area contributed by atoms with Crippen molar-refractivity contribution in [3.63, 3.8) is 0 Å². The van der Waals surface area contributed by atoms with Crippen molar-refractivity contribution in [3.8, 4) is 5.75 Å². The van der Waals surface area contributed by atoms with Gasteiger partial charge in [0.05, 0.1) is 27.5 Å². The topological polar surface area (TPSA) is 152 Å². The Labute approximate surface area is 276 Å². The third kappa shape index (κ3) is 4.87. The Morgan fingerprint density at radius 3 is 2.45 bits per heavy atom. The number of H-pyrrole nitrogens is 1. The number of thioether (sulfide) groups is 1. The fourth-order valence-electron chi connectivity index (χ4n) is 8.21. The molecule has 2 aliphatic heterocycles. The monoisotopic (exact) mass is 668 g/mol. The molecule has 3 aromatic carbocycles. The fraction of sp³-hybridized carbons (Fsp3) is 0.294. The van der Waals surface area contributed by atoms with E-state index in [1.807, 2.05) is 55.5 Å². The Bertz CT molecular complexity index is 2010. The number of aromatic amines is 1. The minimum absolute atomic E-state index is 0.0191. The smallest absolute Gasteiger partial charge is 0.305 e. The van der Waals surface area contributed by atoms with Crippen molar-refractivity contribution in [2.75, 3.05) is 16.8 Å². The molecule has 2 N–H and O–H groups in total. The van der Waals surface area contributed by atoms with Gasteiger partial charge in [0, 0.05) is 33.9 Å². The number of fused-ring (bicyclic) bond motifs is 9. The maximum atomic E-state index is 13.9. The molecule has 4 unspecified atom stereocenters. The van der Waals surface area contributed by atoms with Crippen LogP contribution in [0.1, 0.15) is 28.3 Å². The van der Waals surface area contributed by atoms with E-state index in [9.17, 15) is 29.3 Å². The van der Waals surface area contributed by atoms with Crippen molar-refractivity contribution in [1.29, 1.82) is 0 Å². The SMILES string of the molecule is Cc1cccc(NC(=O)COc2ccc([C@H]3c4sc(=O)[nH]c4SC4C3[C@H]3C[C@@H]4C4C(=O)N(c5ccc([N+](=O)[O-])cc5)C(=O)C43)cc2)c1. The number of hydrogen-bond acceptors (Lipinski definition) is 9. The molecule has 2 saturated carbocycles. The van der Waals surface area contributed by atoms with E-state index in [4.69, 9.17) is 4.74 Å². The number of benzene rings is 3. The number of nitro benzene ring substituents is 1. The first-order valence-electron chi connectivity index (χ1n) is 15.3. The number of thiazole rings is 1. The van der Waals surface area contributed by atoms with Crippen molar-refractivity contribution in [2.24, 2.45) is 29.6 Å². The Balaban J connectivity index is 1.05. The Morgan fingerprint density at radius 2 is 1.74 bits per heavy atom. The highest BCUT2D eigenvalue weighted by molar-refractivity contribution is 8.00. The number of aryl methyl sites for hydroxylation is 1. The van der Waals surface area contributed by atoms with E-state index < -0.39 is 16.8 Å². The highest BCUT2D eigenvalue weighted by Crippen LogP contribution is 2.68. The van der Waals surface area contributed by atoms with Crippen LogP contribution in [0.3, 0.4) is 0 Å². The van der Waals surface area contributed by atoms with Gasteiger partial charge in [-0.1, -0.05) is 35.6 Å². The van der Waals surface area contributed by atoms with E-state index in [1.165, 1.54) is 40.5 Å². The van der Waals surface area contributed by atoms with Gasteiger partial charge in [0.25, 0.3) is 11.6 Å². The van der Waals surface area contributed by atoms with Crippen LogP contribution >= 0.6 is 23.1 Å². The maximum Gasteiger partial charge on any atom is 0.305 e. The molecular formula is C34H28N4O7S2. The van der Waals surface area contributed by atoms with Crippen LogP contribution in [0.15, 0.2) is 82.6 Å². The van der Waals surface area contributed by atoms with Gasteiger partial charge in [-0.05, 0) is 78.6 Å². The number of non-ortho nitro benzene ring substituents is 1. The molecule has 7 atom stereocenters. The summed E-state index contributed by atoms with van der Waals surface area (Å²) in [6.45, 7) is 1.79. The summed E-state index contributed by atoms with van der Waals surface area (Å²) < 4.78 is 5.78. The largest absolute Gasteiger partial charge is 0.484 e. The number of amides is 3. The minimum atomic E-state index is -0.514. The van der Waals surface area contributed by atoms with Gasteiger partial charge in [0.15, 0.2) is 6.61 Å². The zero-order chi connectivity index (χ0) is 32.6. The summed E-state index contributed by atoms with van der Waals surface area (Å²) in [5.74, 6) is -1.48. The molecular weight excluding hydrogens is 641 g/mol. The lowest BCUT2D eigenvalue weighted by Crippen LogP contribution is -2.42. The van der Waals surface area contributed by atoms with Gasteiger partial charge in [0.2, 0.25) is 11.8 Å². The Hall–Kier alpha value is -4.75. The highest BCUT2D eigenvalue weighted by atomic mass is 32.2. The first-order chi connectivity index (χ1) is 22.7. The lowest BCUT2D eigenvalue weighted by Gasteiger charge is -2.43. The van der Waals surface area contributed by atoms with Crippen LogP contribution in [0.2, 0.25) is 0 Å². The van der Waals surface area contributed by atoms with Gasteiger partial charge < -0.3 is 15.0 Å². The maximum absolute atomic E-state index is 13.9. The number of ether oxygens (including phenoxy) is 1. The van der Waals surface area contributed by atoms with Crippen LogP contribution < -0.4 is 19.8 Å². The van der Waals surface area contributed by atoms with E-state index in [1.54, 1.807) is 11.8 Å². The number of carbonyl (C=O) groups is 3. The third-order valence-corrected chi connectivity index (χ3v) is 12.5. The minimum Gasteiger partial charge on any atom is -0.484 e. The van der Waals surface area contributed by atoms with Crippen molar-refractivity contribution in [2.45, 2.75) is 29.5 Å². The quantitative estimate of drug-likeness (QED) is 0.152. The van der Waals surface area contributed by atoms with Gasteiger partial charge in [0.1, 0.15) is 5.75 Å². The second-order valence-corrected chi connectivity index (χ2v) is 14.7. The van der Waals surface area contributed by atoms with Gasteiger partial charge >= 0.3 is 4.87 Å². The predicted molar refractivity (Wildman–Crippen MR) is 176 cm³/mol. The number of nitrogens with one attached hydrogen (secondary N) is 2. The second kappa shape index (κ2) is 11.2. The summed E-state index contributed by atoms with van der Waals surface area (Å²) in [7, 11) is 0. The third-order valence-electron chi connectivity index (χ3n) is 9.95. The second-order valence-electron chi connectivity index (χ2n) is 12.5. The van der Waals surface area contributed by atoms with Crippen LogP contribution in [-0.4, -0.2) is 39.5 Å². The van der Waals surface area contributed by atoms with Gasteiger partial charge in [-0.3, -0.25) is 34.2 Å². The summed E-state index contributed by atoms with van der Waals surface area (Å²) in [4.78, 5) is 68.5. The normalized spacial score (nSPS) is 26.9. The van der Waals surface area contributed by atoms with Crippen LogP contribution in [0.25, 0.3) is 0 Å². The van der Waals surface area contributed by atoms with Crippen molar-refractivity contribution in [1.82, 2.24) is 4.98 Å². The number of imide groups is 1. The fourth-order valence-corrected chi connectivity index (χ4v) is 11.1. The van der Waals surface area contributed by atoms with E-state index in [0.29, 0.717) is 17.1 Å². The average Bonchev–Trinajstić information content (AvgIpc) is 3.79. The zero-order valence-corrected chi connectivity index (χ0v) is 26.6. The molecule has 1 aromatic heterocycles. The molecule has 1 saturated heterocycles. The molecule has 11 nitrogen and oxygen atoms in total. The molecule has 0 radical (unpaired) electrons. The summed E-state index contributed by atoms with van der Waals surface area (Å²) in [5.41, 5.74) is 2.95. The molecule has 4 aliphatic rings. The number of hydrogen-bond donors (Lipinski definition) is 2. The summed E-state index contributed by atoms with van der Waals surface area (Å²) in [5, 5.41) is 14.8. The van der Waals surface area contributed by atoms with E-state index in [2.05, 4.69) is 10.3 Å². The predicted octanol–water partition coefficient (Wildman–Crippen LogP) is 5.35. The van der Waals surface area contributed by atoms with Crippen LogP contribution in [0.5, 0.6) is 5.75 Å². The number of nitro groups is 1. The molecule has 4 aromatic rings. The average molecular weight is 669 g/mol. The summed E-state index contributed by atoms with van der Waals surface area (Å²) in [6.07, 6.45) is 0.746. The highest BCUT2D eigenvalue weighted by Gasteiger charge is 2.69. The number of aromatic nitrogens is 1. The summed E-state index contributed by atoms with van der Waals surface area (Å²) in [6, 6.07) is 20.6. The van der Waals surface area contributed by atoms with Gasteiger partial charge in [-0.2, -0.15) is 0 Å². The van der Waals surface area contributed by atoms with Gasteiger partial charge in [-0.25, -0.2) is 0 Å². The molecule has 2 aliphatic carbocycles. The first kappa shape index (κ1) is 29.6. The molecule has 238 valence electrons. The van der Waals surface area contributed by atoms with Crippen molar-refractivity contribution < 1.29 is 24.0 Å². The first-order valence-corrected chi connectivity index (χ1v) is 17.0. The molecule has 13 heteroatoms. The van der Waals surface area contributed by atoms with E-state index in [0.717, 1.165) is 27.5 Å². The van der Waals surface area contributed by atoms with Crippen molar-refractivity contribution in [3.05, 3.63) is 109 Å². The lowest BCUT2D eigenvalue weighted by atomic mass is 9.68. The number of anilines is 2. The lowest BCUT2D eigenvalue weighted by molar-refractivity contribution is -0.384. The molecule has 8 rings (SSSR count). The van der Waals surface area contributed by atoms with Crippen LogP contribution in [-0.2, 0) is 14.4 Å². The summed E-state index contributed by atoms with van der Waals surface area (Å²) >= 11 is 2.79. The molecule has 3 heterocycles. The molecule has 3 fully saturated rings. The standard InChI is InChI=1S/C34H28N4O7S2/c1-16-3-2-4-18(13-16)35-24(39)15-45-21-11-5-17(6-12-21)25-26-22-14-23(29(26)46-31-30(25)47-34(42)36-31)28-27(22)32(40)37(33(28)41)19-7-9-20(10-8-19)38(43)44/h2-13,22-23,25-29H,14-15H2,1H3,(H,35,39)(H,36,42)/t22-,23-,25-,26?,27?,28?,29?/m1/s1.